The van der Waals surface area contributed by atoms with Gasteiger partial charge in [-0.15, -0.1) is 0 Å². The van der Waals surface area contributed by atoms with E-state index in [9.17, 15) is 4.79 Å². The summed E-state index contributed by atoms with van der Waals surface area (Å²) in [5.74, 6) is -0.0135. The summed E-state index contributed by atoms with van der Waals surface area (Å²) in [5, 5.41) is 6.03. The molecular weight excluding hydrogens is 284 g/mol. The summed E-state index contributed by atoms with van der Waals surface area (Å²) in [6.45, 7) is 1.93. The van der Waals surface area contributed by atoms with Crippen LogP contribution in [0.25, 0.3) is 5.57 Å². The van der Waals surface area contributed by atoms with Crippen LogP contribution in [0.2, 0.25) is 0 Å². The van der Waals surface area contributed by atoms with E-state index in [1.54, 1.807) is 0 Å². The maximum absolute atomic E-state index is 13.0. The van der Waals surface area contributed by atoms with E-state index in [4.69, 9.17) is 0 Å². The van der Waals surface area contributed by atoms with E-state index >= 15 is 0 Å². The Labute approximate surface area is 135 Å². The molecule has 1 heterocycles. The van der Waals surface area contributed by atoms with Crippen LogP contribution in [0.15, 0.2) is 65.3 Å². The molecule has 0 atom stereocenters. The second kappa shape index (κ2) is 5.51. The van der Waals surface area contributed by atoms with Gasteiger partial charge in [0.05, 0.1) is 17.0 Å². The number of rotatable bonds is 1. The molecule has 0 saturated carbocycles. The number of benzene rings is 2. The third-order valence-corrected chi connectivity index (χ3v) is 4.54. The Kier molecular flexibility index (Phi) is 3.34. The number of allylic oxidation sites excluding steroid dienone is 1. The van der Waals surface area contributed by atoms with E-state index in [2.05, 4.69) is 23.3 Å². The molecule has 0 N–H and O–H groups in total. The normalized spacial score (nSPS) is 20.5. The van der Waals surface area contributed by atoms with Crippen LogP contribution in [0.1, 0.15) is 30.9 Å². The van der Waals surface area contributed by atoms with Crippen LogP contribution in [0.4, 0.5) is 5.69 Å². The number of carbonyl (C=O) groups is 1. The lowest BCUT2D eigenvalue weighted by molar-refractivity contribution is -0.114. The Morgan fingerprint density at radius 2 is 1.70 bits per heavy atom. The molecule has 0 spiro atoms. The van der Waals surface area contributed by atoms with Gasteiger partial charge in [-0.3, -0.25) is 4.79 Å². The number of fused-ring (bicyclic) bond motifs is 1. The fraction of sp³-hybridized carbons (Fsp3) is 0.200. The smallest absolute Gasteiger partial charge is 0.267 e. The fourth-order valence-corrected chi connectivity index (χ4v) is 3.48. The molecule has 23 heavy (non-hydrogen) atoms. The quantitative estimate of drug-likeness (QED) is 0.727. The van der Waals surface area contributed by atoms with E-state index in [-0.39, 0.29) is 5.91 Å². The molecule has 0 unspecified atom stereocenters. The minimum Gasteiger partial charge on any atom is -0.267 e. The van der Waals surface area contributed by atoms with Crippen LogP contribution in [0.3, 0.4) is 0 Å². The van der Waals surface area contributed by atoms with Crippen molar-refractivity contribution in [2.45, 2.75) is 26.2 Å². The van der Waals surface area contributed by atoms with Gasteiger partial charge in [0.2, 0.25) is 0 Å². The highest BCUT2D eigenvalue weighted by Crippen LogP contribution is 2.36. The van der Waals surface area contributed by atoms with E-state index < -0.39 is 0 Å². The molecule has 0 aromatic heterocycles. The van der Waals surface area contributed by atoms with E-state index in [0.717, 1.165) is 41.8 Å². The van der Waals surface area contributed by atoms with Gasteiger partial charge < -0.3 is 0 Å². The SMILES string of the molecule is CC1=NN(c2ccccc2)C(=O)/C1=C1/CCCc2ccccc21. The second-order valence-corrected chi connectivity index (χ2v) is 6.00. The van der Waals surface area contributed by atoms with Crippen molar-refractivity contribution in [1.82, 2.24) is 0 Å². The van der Waals surface area contributed by atoms with Gasteiger partial charge in [0.25, 0.3) is 5.91 Å². The average Bonchev–Trinajstić information content (AvgIpc) is 2.90. The highest BCUT2D eigenvalue weighted by atomic mass is 16.2. The summed E-state index contributed by atoms with van der Waals surface area (Å²) in [4.78, 5) is 13.0. The topological polar surface area (TPSA) is 32.7 Å². The Hall–Kier alpha value is -2.68. The predicted molar refractivity (Wildman–Crippen MR) is 93.3 cm³/mol. The molecule has 0 bridgehead atoms. The average molecular weight is 302 g/mol. The zero-order valence-electron chi connectivity index (χ0n) is 13.1. The number of carbonyl (C=O) groups excluding carboxylic acids is 1. The zero-order valence-corrected chi connectivity index (χ0v) is 13.1. The number of aryl methyl sites for hydroxylation is 1. The number of nitrogens with zero attached hydrogens (tertiary/aromatic N) is 2. The summed E-state index contributed by atoms with van der Waals surface area (Å²) in [6.07, 6.45) is 3.11. The summed E-state index contributed by atoms with van der Waals surface area (Å²) in [5.41, 5.74) is 6.10. The minimum atomic E-state index is -0.0135. The van der Waals surface area contributed by atoms with Gasteiger partial charge in [-0.2, -0.15) is 10.1 Å². The van der Waals surface area contributed by atoms with Gasteiger partial charge in [-0.05, 0) is 55.0 Å². The Balaban J connectivity index is 1.82. The van der Waals surface area contributed by atoms with Crippen LogP contribution >= 0.6 is 0 Å². The van der Waals surface area contributed by atoms with Crippen molar-refractivity contribution in [1.29, 1.82) is 0 Å². The Morgan fingerprint density at radius 1 is 0.957 bits per heavy atom. The molecule has 4 rings (SSSR count). The summed E-state index contributed by atoms with van der Waals surface area (Å²) < 4.78 is 0. The van der Waals surface area contributed by atoms with E-state index in [0.29, 0.717) is 0 Å². The number of hydrazone groups is 1. The van der Waals surface area contributed by atoms with Crippen LogP contribution in [-0.2, 0) is 11.2 Å². The molecule has 3 nitrogen and oxygen atoms in total. The highest BCUT2D eigenvalue weighted by molar-refractivity contribution is 6.33. The lowest BCUT2D eigenvalue weighted by atomic mass is 9.84. The first kappa shape index (κ1) is 13.9. The van der Waals surface area contributed by atoms with Gasteiger partial charge >= 0.3 is 0 Å². The number of anilines is 1. The van der Waals surface area contributed by atoms with E-state index in [1.165, 1.54) is 16.1 Å². The van der Waals surface area contributed by atoms with Gasteiger partial charge in [-0.1, -0.05) is 42.5 Å². The van der Waals surface area contributed by atoms with Gasteiger partial charge in [0.1, 0.15) is 0 Å². The highest BCUT2D eigenvalue weighted by Gasteiger charge is 2.32. The number of para-hydroxylation sites is 1. The number of hydrogen-bond donors (Lipinski definition) is 0. The first-order valence-electron chi connectivity index (χ1n) is 8.02. The lowest BCUT2D eigenvalue weighted by Crippen LogP contribution is -2.22. The second-order valence-electron chi connectivity index (χ2n) is 6.00. The molecule has 0 fully saturated rings. The van der Waals surface area contributed by atoms with Crippen molar-refractivity contribution in [2.75, 3.05) is 5.01 Å². The molecule has 1 aliphatic heterocycles. The standard InChI is InChI=1S/C20H18N2O/c1-14-19(18-13-7-9-15-8-5-6-12-17(15)18)20(23)22(21-14)16-10-3-2-4-11-16/h2-6,8,10-12H,7,9,13H2,1H3/b19-18-. The molecular formula is C20H18N2O. The lowest BCUT2D eigenvalue weighted by Gasteiger charge is -2.21. The van der Waals surface area contributed by atoms with E-state index in [1.807, 2.05) is 43.3 Å². The Morgan fingerprint density at radius 3 is 2.52 bits per heavy atom. The minimum absolute atomic E-state index is 0.0135. The molecule has 0 radical (unpaired) electrons. The summed E-state index contributed by atoms with van der Waals surface area (Å²) in [7, 11) is 0. The molecule has 0 saturated heterocycles. The van der Waals surface area contributed by atoms with Crippen LogP contribution in [0, 0.1) is 0 Å². The van der Waals surface area contributed by atoms with Crippen molar-refractivity contribution in [3.63, 3.8) is 0 Å². The van der Waals surface area contributed by atoms with Crippen LogP contribution in [-0.4, -0.2) is 11.6 Å². The molecule has 1 aliphatic carbocycles. The van der Waals surface area contributed by atoms with Gasteiger partial charge in [-0.25, -0.2) is 0 Å². The summed E-state index contributed by atoms with van der Waals surface area (Å²) in [6, 6.07) is 18.0. The molecule has 1 amide bonds. The van der Waals surface area contributed by atoms with Crippen molar-refractivity contribution in [2.24, 2.45) is 5.10 Å². The molecule has 114 valence electrons. The van der Waals surface area contributed by atoms with Crippen molar-refractivity contribution >= 4 is 22.9 Å². The third-order valence-electron chi connectivity index (χ3n) is 4.54. The largest absolute Gasteiger partial charge is 0.280 e. The van der Waals surface area contributed by atoms with Crippen LogP contribution < -0.4 is 5.01 Å². The van der Waals surface area contributed by atoms with Crippen molar-refractivity contribution in [3.8, 4) is 0 Å². The molecule has 2 aromatic carbocycles. The molecule has 2 aromatic rings. The van der Waals surface area contributed by atoms with Crippen molar-refractivity contribution in [3.05, 3.63) is 71.3 Å². The number of hydrogen-bond acceptors (Lipinski definition) is 2. The fourth-order valence-electron chi connectivity index (χ4n) is 3.48. The maximum Gasteiger partial charge on any atom is 0.280 e. The summed E-state index contributed by atoms with van der Waals surface area (Å²) >= 11 is 0. The predicted octanol–water partition coefficient (Wildman–Crippen LogP) is 4.20. The van der Waals surface area contributed by atoms with Gasteiger partial charge in [0, 0.05) is 0 Å². The number of amides is 1. The first-order chi connectivity index (χ1) is 11.3. The zero-order chi connectivity index (χ0) is 15.8. The third kappa shape index (κ3) is 2.29. The molecule has 2 aliphatic rings. The first-order valence-corrected chi connectivity index (χ1v) is 8.02. The van der Waals surface area contributed by atoms with Crippen molar-refractivity contribution < 1.29 is 4.79 Å². The van der Waals surface area contributed by atoms with Gasteiger partial charge in [0.15, 0.2) is 0 Å². The maximum atomic E-state index is 13.0. The molecule has 3 heteroatoms. The Bertz CT molecular complexity index is 834. The monoisotopic (exact) mass is 302 g/mol. The van der Waals surface area contributed by atoms with Crippen LogP contribution in [0.5, 0.6) is 0 Å².